The summed E-state index contributed by atoms with van der Waals surface area (Å²) < 4.78 is 0. The average molecular weight is 222 g/mol. The molecule has 2 aliphatic carbocycles. The molecule has 0 aromatic rings. The quantitative estimate of drug-likeness (QED) is 0.654. The van der Waals surface area contributed by atoms with Crippen molar-refractivity contribution in [3.05, 3.63) is 0 Å². The van der Waals surface area contributed by atoms with Gasteiger partial charge in [0.25, 0.3) is 0 Å². The highest BCUT2D eigenvalue weighted by molar-refractivity contribution is 5.49. The van der Waals surface area contributed by atoms with E-state index in [0.29, 0.717) is 0 Å². The van der Waals surface area contributed by atoms with E-state index in [1.54, 1.807) is 0 Å². The first kappa shape index (κ1) is 12.1. The van der Waals surface area contributed by atoms with Gasteiger partial charge in [-0.2, -0.15) is 0 Å². The molecule has 0 unspecified atom stereocenters. The zero-order valence-corrected chi connectivity index (χ0v) is 10.7. The second-order valence-electron chi connectivity index (χ2n) is 6.20. The molecule has 1 heteroatoms. The maximum absolute atomic E-state index is 10.5. The molecule has 0 bridgehead atoms. The predicted molar refractivity (Wildman–Crippen MR) is 67.3 cm³/mol. The van der Waals surface area contributed by atoms with E-state index in [4.69, 9.17) is 0 Å². The second kappa shape index (κ2) is 5.84. The molecule has 2 aliphatic rings. The molecule has 92 valence electrons. The summed E-state index contributed by atoms with van der Waals surface area (Å²) in [5.74, 6) is 3.71. The third-order valence-electron chi connectivity index (χ3n) is 5.05. The van der Waals surface area contributed by atoms with Crippen LogP contribution in [0.25, 0.3) is 0 Å². The summed E-state index contributed by atoms with van der Waals surface area (Å²) in [4.78, 5) is 10.5. The molecule has 0 heterocycles. The van der Waals surface area contributed by atoms with Crippen LogP contribution in [0.4, 0.5) is 0 Å². The largest absolute Gasteiger partial charge is 0.303 e. The minimum atomic E-state index is 0.719. The molecule has 0 aromatic carbocycles. The van der Waals surface area contributed by atoms with Gasteiger partial charge in [-0.05, 0) is 62.2 Å². The maximum atomic E-state index is 10.5. The fraction of sp³-hybridized carbons (Fsp3) is 0.933. The van der Waals surface area contributed by atoms with E-state index in [1.807, 2.05) is 0 Å². The lowest BCUT2D eigenvalue weighted by molar-refractivity contribution is -0.108. The average Bonchev–Trinajstić information content (AvgIpc) is 2.32. The normalized spacial score (nSPS) is 40.6. The predicted octanol–water partition coefficient (Wildman–Crippen LogP) is 4.21. The Hall–Kier alpha value is -0.330. The Morgan fingerprint density at radius 1 is 0.875 bits per heavy atom. The van der Waals surface area contributed by atoms with Crippen LogP contribution in [0.5, 0.6) is 0 Å². The van der Waals surface area contributed by atoms with E-state index in [1.165, 1.54) is 51.4 Å². The lowest BCUT2D eigenvalue weighted by Gasteiger charge is -2.37. The SMILES string of the molecule is CC1CCC(C2CCC(CC=O)CC2)CC1. The van der Waals surface area contributed by atoms with Crippen molar-refractivity contribution >= 4 is 6.29 Å². The number of carbonyl (C=O) groups is 1. The summed E-state index contributed by atoms with van der Waals surface area (Å²) in [6, 6.07) is 0. The van der Waals surface area contributed by atoms with Gasteiger partial charge in [-0.15, -0.1) is 0 Å². The minimum absolute atomic E-state index is 0.719. The summed E-state index contributed by atoms with van der Waals surface area (Å²) in [7, 11) is 0. The molecule has 2 fully saturated rings. The molecule has 0 aliphatic heterocycles. The van der Waals surface area contributed by atoms with Gasteiger partial charge in [0, 0.05) is 6.42 Å². The van der Waals surface area contributed by atoms with E-state index in [0.717, 1.165) is 36.4 Å². The third-order valence-corrected chi connectivity index (χ3v) is 5.05. The maximum Gasteiger partial charge on any atom is 0.120 e. The van der Waals surface area contributed by atoms with Crippen LogP contribution in [-0.2, 0) is 4.79 Å². The molecule has 16 heavy (non-hydrogen) atoms. The van der Waals surface area contributed by atoms with Gasteiger partial charge < -0.3 is 4.79 Å². The first-order valence-electron chi connectivity index (χ1n) is 7.23. The third kappa shape index (κ3) is 3.09. The second-order valence-corrected chi connectivity index (χ2v) is 6.20. The van der Waals surface area contributed by atoms with Crippen LogP contribution >= 0.6 is 0 Å². The van der Waals surface area contributed by atoms with Crippen LogP contribution in [0, 0.1) is 23.7 Å². The lowest BCUT2D eigenvalue weighted by atomic mass is 9.69. The fourth-order valence-electron chi connectivity index (χ4n) is 3.79. The van der Waals surface area contributed by atoms with Crippen LogP contribution in [0.2, 0.25) is 0 Å². The first-order valence-corrected chi connectivity index (χ1v) is 7.23. The number of aldehydes is 1. The minimum Gasteiger partial charge on any atom is -0.303 e. The molecule has 0 radical (unpaired) electrons. The molecule has 2 saturated carbocycles. The molecule has 0 saturated heterocycles. The van der Waals surface area contributed by atoms with Gasteiger partial charge in [0.2, 0.25) is 0 Å². The van der Waals surface area contributed by atoms with Crippen molar-refractivity contribution in [3.8, 4) is 0 Å². The van der Waals surface area contributed by atoms with Gasteiger partial charge in [0.15, 0.2) is 0 Å². The van der Waals surface area contributed by atoms with Gasteiger partial charge >= 0.3 is 0 Å². The van der Waals surface area contributed by atoms with Crippen molar-refractivity contribution in [2.75, 3.05) is 0 Å². The highest BCUT2D eigenvalue weighted by Crippen LogP contribution is 2.41. The Balaban J connectivity index is 1.74. The lowest BCUT2D eigenvalue weighted by Crippen LogP contribution is -2.25. The Bertz CT molecular complexity index is 207. The summed E-state index contributed by atoms with van der Waals surface area (Å²) in [6.45, 7) is 2.40. The molecule has 0 N–H and O–H groups in total. The smallest absolute Gasteiger partial charge is 0.120 e. The number of hydrogen-bond acceptors (Lipinski definition) is 1. The zero-order valence-electron chi connectivity index (χ0n) is 10.7. The highest BCUT2D eigenvalue weighted by Gasteiger charge is 2.29. The Kier molecular flexibility index (Phi) is 4.43. The Morgan fingerprint density at radius 3 is 1.88 bits per heavy atom. The van der Waals surface area contributed by atoms with Gasteiger partial charge in [-0.25, -0.2) is 0 Å². The summed E-state index contributed by atoms with van der Waals surface area (Å²) in [5, 5.41) is 0. The molecule has 1 nitrogen and oxygen atoms in total. The molecular weight excluding hydrogens is 196 g/mol. The molecule has 0 aromatic heterocycles. The molecule has 0 spiro atoms. The summed E-state index contributed by atoms with van der Waals surface area (Å²) >= 11 is 0. The van der Waals surface area contributed by atoms with Crippen molar-refractivity contribution in [1.82, 2.24) is 0 Å². The van der Waals surface area contributed by atoms with Gasteiger partial charge in [0.05, 0.1) is 0 Å². The van der Waals surface area contributed by atoms with Crippen molar-refractivity contribution in [1.29, 1.82) is 0 Å². The van der Waals surface area contributed by atoms with E-state index in [2.05, 4.69) is 6.92 Å². The molecule has 0 atom stereocenters. The van der Waals surface area contributed by atoms with Crippen LogP contribution in [0.1, 0.15) is 64.7 Å². The Morgan fingerprint density at radius 2 is 1.38 bits per heavy atom. The van der Waals surface area contributed by atoms with Crippen molar-refractivity contribution in [2.24, 2.45) is 23.7 Å². The summed E-state index contributed by atoms with van der Waals surface area (Å²) in [6.07, 6.45) is 13.2. The van der Waals surface area contributed by atoms with Gasteiger partial charge in [-0.1, -0.05) is 19.8 Å². The van der Waals surface area contributed by atoms with Crippen LogP contribution in [-0.4, -0.2) is 6.29 Å². The van der Waals surface area contributed by atoms with E-state index < -0.39 is 0 Å². The van der Waals surface area contributed by atoms with Crippen molar-refractivity contribution in [3.63, 3.8) is 0 Å². The molecule has 0 amide bonds. The standard InChI is InChI=1S/C15H26O/c1-12-2-6-14(7-3-12)15-8-4-13(5-9-15)10-11-16/h11-15H,2-10H2,1H3. The van der Waals surface area contributed by atoms with E-state index >= 15 is 0 Å². The van der Waals surface area contributed by atoms with Crippen molar-refractivity contribution < 1.29 is 4.79 Å². The zero-order chi connectivity index (χ0) is 11.4. The van der Waals surface area contributed by atoms with E-state index in [9.17, 15) is 4.79 Å². The Labute approximate surface area is 100.0 Å². The van der Waals surface area contributed by atoms with Crippen LogP contribution in [0.15, 0.2) is 0 Å². The van der Waals surface area contributed by atoms with Crippen LogP contribution < -0.4 is 0 Å². The summed E-state index contributed by atoms with van der Waals surface area (Å²) in [5.41, 5.74) is 0. The van der Waals surface area contributed by atoms with Gasteiger partial charge in [0.1, 0.15) is 6.29 Å². The number of rotatable bonds is 3. The van der Waals surface area contributed by atoms with Crippen LogP contribution in [0.3, 0.4) is 0 Å². The fourth-order valence-corrected chi connectivity index (χ4v) is 3.79. The topological polar surface area (TPSA) is 17.1 Å². The number of hydrogen-bond donors (Lipinski definition) is 0. The van der Waals surface area contributed by atoms with E-state index in [-0.39, 0.29) is 0 Å². The monoisotopic (exact) mass is 222 g/mol. The van der Waals surface area contributed by atoms with Crippen molar-refractivity contribution in [2.45, 2.75) is 64.7 Å². The molecular formula is C15H26O. The number of carbonyl (C=O) groups excluding carboxylic acids is 1. The molecule has 2 rings (SSSR count). The van der Waals surface area contributed by atoms with Gasteiger partial charge in [-0.3, -0.25) is 0 Å². The highest BCUT2D eigenvalue weighted by atomic mass is 16.1. The first-order chi connectivity index (χ1) is 7.79.